The van der Waals surface area contributed by atoms with Crippen molar-refractivity contribution in [3.8, 4) is 17.6 Å². The molecule has 1 fully saturated rings. The lowest BCUT2D eigenvalue weighted by Crippen LogP contribution is -2.38. The van der Waals surface area contributed by atoms with E-state index in [-0.39, 0.29) is 11.5 Å². The molecule has 0 bridgehead atoms. The van der Waals surface area contributed by atoms with Crippen LogP contribution >= 0.6 is 11.3 Å². The minimum atomic E-state index is -0.399. The Hall–Kier alpha value is -5.47. The van der Waals surface area contributed by atoms with Gasteiger partial charge in [-0.15, -0.1) is 11.3 Å². The molecule has 2 aromatic heterocycles. The van der Waals surface area contributed by atoms with Gasteiger partial charge in [0.2, 0.25) is 0 Å². The molecule has 4 amide bonds. The molecule has 3 aliphatic rings. The van der Waals surface area contributed by atoms with Gasteiger partial charge >= 0.3 is 6.03 Å². The molecule has 10 nitrogen and oxygen atoms in total. The predicted octanol–water partition coefficient (Wildman–Crippen LogP) is 7.52. The van der Waals surface area contributed by atoms with E-state index < -0.39 is 11.9 Å². The molecule has 0 saturated heterocycles. The van der Waals surface area contributed by atoms with Gasteiger partial charge < -0.3 is 20.3 Å². The average Bonchev–Trinajstić information content (AvgIpc) is 3.81. The molecular formula is C35H30N6O4S. The minimum absolute atomic E-state index is 0.142. The van der Waals surface area contributed by atoms with Crippen LogP contribution in [0.1, 0.15) is 47.8 Å². The van der Waals surface area contributed by atoms with Crippen LogP contribution in [0.4, 0.5) is 21.9 Å². The molecule has 11 heteroatoms. The van der Waals surface area contributed by atoms with Gasteiger partial charge in [-0.1, -0.05) is 24.3 Å². The number of anilines is 3. The highest BCUT2D eigenvalue weighted by Gasteiger charge is 2.34. The minimum Gasteiger partial charge on any atom is -0.457 e. The van der Waals surface area contributed by atoms with Crippen molar-refractivity contribution in [2.45, 2.75) is 39.5 Å². The number of hydrogen-bond donors (Lipinski definition) is 2. The molecule has 46 heavy (non-hydrogen) atoms. The van der Waals surface area contributed by atoms with Crippen molar-refractivity contribution in [3.05, 3.63) is 94.3 Å². The van der Waals surface area contributed by atoms with Crippen LogP contribution in [-0.4, -0.2) is 34.3 Å². The van der Waals surface area contributed by atoms with Crippen molar-refractivity contribution < 1.29 is 19.1 Å². The number of aromatic nitrogens is 1. The highest BCUT2D eigenvalue weighted by molar-refractivity contribution is 7.21. The van der Waals surface area contributed by atoms with Gasteiger partial charge in [0, 0.05) is 24.1 Å². The Morgan fingerprint density at radius 1 is 1.11 bits per heavy atom. The van der Waals surface area contributed by atoms with Gasteiger partial charge in [0.1, 0.15) is 32.8 Å². The van der Waals surface area contributed by atoms with E-state index in [1.54, 1.807) is 35.1 Å². The van der Waals surface area contributed by atoms with Gasteiger partial charge in [0.05, 0.1) is 22.4 Å². The Bertz CT molecular complexity index is 2020. The fraction of sp³-hybridized carbons (Fsp3) is 0.229. The third-order valence-electron chi connectivity index (χ3n) is 8.38. The van der Waals surface area contributed by atoms with Gasteiger partial charge in [-0.2, -0.15) is 5.26 Å². The molecule has 2 N–H and O–H groups in total. The lowest BCUT2D eigenvalue weighted by atomic mass is 10.1. The molecule has 1 aliphatic carbocycles. The number of rotatable bonds is 7. The highest BCUT2D eigenvalue weighted by atomic mass is 32.1. The molecule has 0 unspecified atom stereocenters. The summed E-state index contributed by atoms with van der Waals surface area (Å²) in [5.74, 6) is 0.917. The van der Waals surface area contributed by atoms with Crippen LogP contribution in [0, 0.1) is 24.2 Å². The van der Waals surface area contributed by atoms with Crippen molar-refractivity contribution >= 4 is 56.5 Å². The molecular weight excluding hydrogens is 600 g/mol. The monoisotopic (exact) mass is 630 g/mol. The summed E-state index contributed by atoms with van der Waals surface area (Å²) in [6.07, 6.45) is 6.59. The maximum atomic E-state index is 13.8. The maximum absolute atomic E-state index is 13.8. The van der Waals surface area contributed by atoms with E-state index in [4.69, 9.17) is 4.74 Å². The Morgan fingerprint density at radius 3 is 2.65 bits per heavy atom. The zero-order chi connectivity index (χ0) is 31.9. The summed E-state index contributed by atoms with van der Waals surface area (Å²) in [4.78, 5) is 49.2. The van der Waals surface area contributed by atoms with E-state index in [9.17, 15) is 19.6 Å². The SMILES string of the molecule is CC1=C(NC(=O)c2sc3nccc4c3c2NC(=O)N4c2ccc(Oc3ccccc3)cc2C)CCCN1C(=O)/C(C#N)=C/C1CC1. The maximum Gasteiger partial charge on any atom is 0.331 e. The number of carbonyl (C=O) groups is 3. The fourth-order valence-electron chi connectivity index (χ4n) is 5.88. The summed E-state index contributed by atoms with van der Waals surface area (Å²) in [5.41, 5.74) is 3.90. The second-order valence-electron chi connectivity index (χ2n) is 11.6. The number of ether oxygens (including phenoxy) is 1. The zero-order valence-corrected chi connectivity index (χ0v) is 26.1. The van der Waals surface area contributed by atoms with Gasteiger partial charge in [-0.05, 0) is 87.4 Å². The molecule has 0 atom stereocenters. The number of amides is 4. The summed E-state index contributed by atoms with van der Waals surface area (Å²) in [6, 6.07) is 18.4. The molecule has 4 heterocycles. The number of allylic oxidation sites excluding steroid dienone is 3. The number of thiophene rings is 1. The topological polar surface area (TPSA) is 128 Å². The molecule has 0 radical (unpaired) electrons. The summed E-state index contributed by atoms with van der Waals surface area (Å²) in [6.45, 7) is 4.17. The van der Waals surface area contributed by atoms with Crippen LogP contribution in [0.5, 0.6) is 11.5 Å². The first kappa shape index (κ1) is 29.3. The van der Waals surface area contributed by atoms with Crippen LogP contribution < -0.4 is 20.3 Å². The summed E-state index contributed by atoms with van der Waals surface area (Å²) >= 11 is 1.20. The van der Waals surface area contributed by atoms with Crippen LogP contribution in [0.2, 0.25) is 0 Å². The largest absolute Gasteiger partial charge is 0.457 e. The Kier molecular flexibility index (Phi) is 7.50. The first-order valence-corrected chi connectivity index (χ1v) is 15.9. The average molecular weight is 631 g/mol. The molecule has 2 aromatic carbocycles. The van der Waals surface area contributed by atoms with Gasteiger partial charge in [-0.3, -0.25) is 14.5 Å². The first-order valence-electron chi connectivity index (χ1n) is 15.1. The quantitative estimate of drug-likeness (QED) is 0.161. The van der Waals surface area contributed by atoms with Crippen molar-refractivity contribution in [1.29, 1.82) is 5.26 Å². The van der Waals surface area contributed by atoms with Gasteiger partial charge in [-0.25, -0.2) is 9.78 Å². The van der Waals surface area contributed by atoms with E-state index in [0.717, 1.165) is 18.4 Å². The molecule has 2 aliphatic heterocycles. The normalized spacial score (nSPS) is 16.3. The van der Waals surface area contributed by atoms with Crippen molar-refractivity contribution in [2.24, 2.45) is 5.92 Å². The van der Waals surface area contributed by atoms with Gasteiger partial charge in [0.15, 0.2) is 0 Å². The Morgan fingerprint density at radius 2 is 1.91 bits per heavy atom. The van der Waals surface area contributed by atoms with Crippen LogP contribution in [0.3, 0.4) is 0 Å². The van der Waals surface area contributed by atoms with Crippen LogP contribution in [0.15, 0.2) is 83.8 Å². The number of para-hydroxylation sites is 1. The lowest BCUT2D eigenvalue weighted by molar-refractivity contribution is -0.125. The van der Waals surface area contributed by atoms with E-state index in [2.05, 4.69) is 21.7 Å². The number of nitrogens with one attached hydrogen (secondary N) is 2. The smallest absolute Gasteiger partial charge is 0.331 e. The lowest BCUT2D eigenvalue weighted by Gasteiger charge is -2.31. The van der Waals surface area contributed by atoms with Crippen molar-refractivity contribution in [3.63, 3.8) is 0 Å². The van der Waals surface area contributed by atoms with E-state index in [1.807, 2.05) is 55.5 Å². The number of hydrogen-bond acceptors (Lipinski definition) is 7. The number of aryl methyl sites for hydroxylation is 1. The molecule has 4 aromatic rings. The number of benzene rings is 2. The standard InChI is InChI=1S/C35H30N6O4S/c1-20-17-25(45-24-7-4-3-5-8-24)12-13-27(20)41-28-14-15-37-33-29(28)30(39-35(41)44)31(46-33)32(42)38-26-9-6-16-40(21(26)2)34(43)23(19-36)18-22-10-11-22/h3-5,7-8,12-15,17-18,22H,6,9-11,16H2,1-2H3,(H,38,42)(H,39,44)/b23-18+. The Labute approximate surface area is 269 Å². The summed E-state index contributed by atoms with van der Waals surface area (Å²) in [7, 11) is 0. The van der Waals surface area contributed by atoms with Gasteiger partial charge in [0.25, 0.3) is 11.8 Å². The Balaban J connectivity index is 1.17. The third kappa shape index (κ3) is 5.37. The van der Waals surface area contributed by atoms with Crippen molar-refractivity contribution in [1.82, 2.24) is 15.2 Å². The first-order chi connectivity index (χ1) is 22.3. The summed E-state index contributed by atoms with van der Waals surface area (Å²) < 4.78 is 5.98. The zero-order valence-electron chi connectivity index (χ0n) is 25.3. The number of urea groups is 1. The van der Waals surface area contributed by atoms with Crippen LogP contribution in [-0.2, 0) is 4.79 Å². The fourth-order valence-corrected chi connectivity index (χ4v) is 6.89. The number of pyridine rings is 1. The second-order valence-corrected chi connectivity index (χ2v) is 12.6. The van der Waals surface area contributed by atoms with Crippen molar-refractivity contribution in [2.75, 3.05) is 16.8 Å². The third-order valence-corrected chi connectivity index (χ3v) is 9.47. The second kappa shape index (κ2) is 11.8. The molecule has 1 saturated carbocycles. The number of nitrogens with zero attached hydrogens (tertiary/aromatic N) is 4. The van der Waals surface area contributed by atoms with Crippen LogP contribution in [0.25, 0.3) is 10.2 Å². The molecule has 0 spiro atoms. The number of nitriles is 1. The summed E-state index contributed by atoms with van der Waals surface area (Å²) in [5, 5.41) is 16.2. The van der Waals surface area contributed by atoms with E-state index >= 15 is 0 Å². The van der Waals surface area contributed by atoms with E-state index in [0.29, 0.717) is 80.4 Å². The van der Waals surface area contributed by atoms with E-state index in [1.165, 1.54) is 11.3 Å². The molecule has 230 valence electrons. The molecule has 7 rings (SSSR count). The number of carbonyl (C=O) groups excluding carboxylic acids is 3. The highest BCUT2D eigenvalue weighted by Crippen LogP contribution is 2.46. The predicted molar refractivity (Wildman–Crippen MR) is 176 cm³/mol.